The van der Waals surface area contributed by atoms with Crippen LogP contribution < -0.4 is 0 Å². The number of nitro benzene ring substituents is 1. The minimum absolute atomic E-state index is 0.0186. The van der Waals surface area contributed by atoms with Gasteiger partial charge in [-0.1, -0.05) is 12.1 Å². The van der Waals surface area contributed by atoms with Crippen LogP contribution in [-0.2, 0) is 23.9 Å². The first kappa shape index (κ1) is 21.5. The van der Waals surface area contributed by atoms with Crippen molar-refractivity contribution in [2.45, 2.75) is 38.7 Å². The minimum Gasteiger partial charge on any atom is -0.466 e. The molecule has 1 aromatic carbocycles. The third kappa shape index (κ3) is 4.19. The number of non-ortho nitro benzene ring substituents is 1. The SMILES string of the molecule is CCOC(=O)C1C(=O)CC(C)(O)C(C(=O)OCC)C1c1cccc([N+](=O)[O-])c1. The molecule has 1 fully saturated rings. The van der Waals surface area contributed by atoms with Gasteiger partial charge in [-0.2, -0.15) is 0 Å². The van der Waals surface area contributed by atoms with E-state index in [0.29, 0.717) is 0 Å². The fraction of sp³-hybridized carbons (Fsp3) is 0.526. The topological polar surface area (TPSA) is 133 Å². The zero-order valence-corrected chi connectivity index (χ0v) is 15.9. The van der Waals surface area contributed by atoms with Crippen molar-refractivity contribution in [3.63, 3.8) is 0 Å². The molecule has 0 radical (unpaired) electrons. The van der Waals surface area contributed by atoms with E-state index in [1.807, 2.05) is 0 Å². The molecule has 9 heteroatoms. The predicted molar refractivity (Wildman–Crippen MR) is 96.3 cm³/mol. The van der Waals surface area contributed by atoms with Gasteiger partial charge in [0.05, 0.1) is 29.7 Å². The Labute approximate surface area is 161 Å². The van der Waals surface area contributed by atoms with Crippen LogP contribution in [0, 0.1) is 22.0 Å². The molecule has 0 heterocycles. The number of carbonyl (C=O) groups is 3. The van der Waals surface area contributed by atoms with Gasteiger partial charge in [0.15, 0.2) is 5.78 Å². The number of carbonyl (C=O) groups excluding carboxylic acids is 3. The molecule has 0 bridgehead atoms. The summed E-state index contributed by atoms with van der Waals surface area (Å²) in [5.41, 5.74) is -1.85. The van der Waals surface area contributed by atoms with E-state index in [0.717, 1.165) is 0 Å². The summed E-state index contributed by atoms with van der Waals surface area (Å²) in [6, 6.07) is 5.32. The molecule has 1 aliphatic carbocycles. The van der Waals surface area contributed by atoms with Crippen LogP contribution in [0.4, 0.5) is 5.69 Å². The Kier molecular flexibility index (Phi) is 6.50. The minimum atomic E-state index is -1.79. The maximum atomic E-state index is 12.7. The third-order valence-corrected chi connectivity index (χ3v) is 4.81. The van der Waals surface area contributed by atoms with Gasteiger partial charge < -0.3 is 14.6 Å². The summed E-state index contributed by atoms with van der Waals surface area (Å²) >= 11 is 0. The normalized spacial score (nSPS) is 27.1. The second-order valence-corrected chi connectivity index (χ2v) is 6.84. The largest absolute Gasteiger partial charge is 0.466 e. The first-order chi connectivity index (χ1) is 13.1. The number of nitrogens with zero attached hydrogens (tertiary/aromatic N) is 1. The molecule has 0 spiro atoms. The fourth-order valence-electron chi connectivity index (χ4n) is 3.73. The van der Waals surface area contributed by atoms with Crippen LogP contribution in [0.15, 0.2) is 24.3 Å². The molecule has 1 saturated carbocycles. The molecule has 4 atom stereocenters. The fourth-order valence-corrected chi connectivity index (χ4v) is 3.73. The number of aliphatic hydroxyl groups is 1. The predicted octanol–water partition coefficient (Wildman–Crippen LogP) is 1.76. The monoisotopic (exact) mass is 393 g/mol. The highest BCUT2D eigenvalue weighted by atomic mass is 16.6. The molecule has 2 rings (SSSR count). The first-order valence-electron chi connectivity index (χ1n) is 8.96. The van der Waals surface area contributed by atoms with E-state index in [4.69, 9.17) is 9.47 Å². The van der Waals surface area contributed by atoms with Gasteiger partial charge >= 0.3 is 11.9 Å². The van der Waals surface area contributed by atoms with Crippen LogP contribution in [0.25, 0.3) is 0 Å². The van der Waals surface area contributed by atoms with Gasteiger partial charge in [-0.3, -0.25) is 24.5 Å². The van der Waals surface area contributed by atoms with Crippen molar-refractivity contribution < 1.29 is 33.9 Å². The summed E-state index contributed by atoms with van der Waals surface area (Å²) in [5, 5.41) is 22.0. The van der Waals surface area contributed by atoms with Crippen LogP contribution in [0.2, 0.25) is 0 Å². The zero-order chi connectivity index (χ0) is 21.1. The van der Waals surface area contributed by atoms with E-state index in [1.54, 1.807) is 13.8 Å². The summed E-state index contributed by atoms with van der Waals surface area (Å²) in [6.45, 7) is 4.53. The lowest BCUT2D eigenvalue weighted by molar-refractivity contribution is -0.385. The van der Waals surface area contributed by atoms with Crippen molar-refractivity contribution in [3.05, 3.63) is 39.9 Å². The molecule has 0 aliphatic heterocycles. The molecule has 1 aromatic rings. The molecule has 1 N–H and O–H groups in total. The van der Waals surface area contributed by atoms with Gasteiger partial charge in [0.25, 0.3) is 5.69 Å². The van der Waals surface area contributed by atoms with Crippen LogP contribution in [0.5, 0.6) is 0 Å². The van der Waals surface area contributed by atoms with Crippen molar-refractivity contribution in [1.82, 2.24) is 0 Å². The number of hydrogen-bond acceptors (Lipinski definition) is 8. The Bertz CT molecular complexity index is 788. The van der Waals surface area contributed by atoms with E-state index in [1.165, 1.54) is 31.2 Å². The number of hydrogen-bond donors (Lipinski definition) is 1. The Morgan fingerprint density at radius 1 is 1.25 bits per heavy atom. The number of Topliss-reactive ketones (excluding diaryl/α,β-unsaturated/α-hetero) is 1. The van der Waals surface area contributed by atoms with E-state index in [2.05, 4.69) is 0 Å². The zero-order valence-electron chi connectivity index (χ0n) is 15.9. The highest BCUT2D eigenvalue weighted by molar-refractivity contribution is 6.02. The first-order valence-corrected chi connectivity index (χ1v) is 8.96. The van der Waals surface area contributed by atoms with Crippen LogP contribution in [-0.4, -0.2) is 46.6 Å². The Morgan fingerprint density at radius 3 is 2.43 bits per heavy atom. The molecule has 0 amide bonds. The van der Waals surface area contributed by atoms with Gasteiger partial charge in [-0.25, -0.2) is 0 Å². The summed E-state index contributed by atoms with van der Waals surface area (Å²) < 4.78 is 10.1. The molecule has 28 heavy (non-hydrogen) atoms. The average Bonchev–Trinajstić information content (AvgIpc) is 2.60. The third-order valence-electron chi connectivity index (χ3n) is 4.81. The Morgan fingerprint density at radius 2 is 1.86 bits per heavy atom. The highest BCUT2D eigenvalue weighted by Gasteiger charge is 2.57. The molecule has 1 aliphatic rings. The second-order valence-electron chi connectivity index (χ2n) is 6.84. The number of nitro groups is 1. The summed E-state index contributed by atoms with van der Waals surface area (Å²) in [5.74, 6) is -6.03. The number of esters is 2. The lowest BCUT2D eigenvalue weighted by Gasteiger charge is -2.43. The van der Waals surface area contributed by atoms with Crippen molar-refractivity contribution >= 4 is 23.4 Å². The lowest BCUT2D eigenvalue weighted by Crippen LogP contribution is -2.55. The Balaban J connectivity index is 2.67. The Hall–Kier alpha value is -2.81. The second kappa shape index (κ2) is 8.47. The molecule has 9 nitrogen and oxygen atoms in total. The standard InChI is InChI=1S/C19H23NO8/c1-4-27-17(22)15-13(21)10-19(3,24)16(18(23)28-5-2)14(15)11-7-6-8-12(9-11)20(25)26/h6-9,14-16,24H,4-5,10H2,1-3H3. The molecule has 4 unspecified atom stereocenters. The van der Waals surface area contributed by atoms with Crippen molar-refractivity contribution in [3.8, 4) is 0 Å². The van der Waals surface area contributed by atoms with Gasteiger partial charge in [-0.05, 0) is 26.3 Å². The van der Waals surface area contributed by atoms with E-state index in [-0.39, 0.29) is 24.5 Å². The van der Waals surface area contributed by atoms with Crippen LogP contribution >= 0.6 is 0 Å². The maximum Gasteiger partial charge on any atom is 0.317 e. The van der Waals surface area contributed by atoms with Crippen molar-refractivity contribution in [1.29, 1.82) is 0 Å². The lowest BCUT2D eigenvalue weighted by atomic mass is 9.61. The van der Waals surface area contributed by atoms with E-state index >= 15 is 0 Å². The van der Waals surface area contributed by atoms with Gasteiger partial charge in [0.2, 0.25) is 0 Å². The summed E-state index contributed by atoms with van der Waals surface area (Å²) in [6.07, 6.45) is -0.439. The number of ether oxygens (including phenoxy) is 2. The molecular weight excluding hydrogens is 370 g/mol. The van der Waals surface area contributed by atoms with Crippen LogP contribution in [0.1, 0.15) is 38.7 Å². The van der Waals surface area contributed by atoms with E-state index < -0.39 is 52.4 Å². The van der Waals surface area contributed by atoms with Gasteiger partial charge in [0.1, 0.15) is 5.92 Å². The quantitative estimate of drug-likeness (QED) is 0.334. The number of benzene rings is 1. The summed E-state index contributed by atoms with van der Waals surface area (Å²) in [7, 11) is 0. The van der Waals surface area contributed by atoms with Crippen molar-refractivity contribution in [2.24, 2.45) is 11.8 Å². The maximum absolute atomic E-state index is 12.7. The molecule has 152 valence electrons. The highest BCUT2D eigenvalue weighted by Crippen LogP contribution is 2.47. The van der Waals surface area contributed by atoms with Crippen molar-refractivity contribution in [2.75, 3.05) is 13.2 Å². The van der Waals surface area contributed by atoms with Gasteiger partial charge in [0, 0.05) is 24.5 Å². The van der Waals surface area contributed by atoms with E-state index in [9.17, 15) is 29.6 Å². The average molecular weight is 393 g/mol. The molecule has 0 saturated heterocycles. The summed E-state index contributed by atoms with van der Waals surface area (Å²) in [4.78, 5) is 48.5. The van der Waals surface area contributed by atoms with Gasteiger partial charge in [-0.15, -0.1) is 0 Å². The molecule has 0 aromatic heterocycles. The number of rotatable bonds is 6. The number of ketones is 1. The van der Waals surface area contributed by atoms with Crippen LogP contribution in [0.3, 0.4) is 0 Å². The molecular formula is C19H23NO8. The smallest absolute Gasteiger partial charge is 0.317 e.